The van der Waals surface area contributed by atoms with E-state index in [0.717, 1.165) is 42.3 Å². The van der Waals surface area contributed by atoms with Crippen LogP contribution >= 0.6 is 0 Å². The molecule has 0 spiro atoms. The maximum atomic E-state index is 6.17. The zero-order valence-corrected chi connectivity index (χ0v) is 16.8. The molecule has 0 bridgehead atoms. The topological polar surface area (TPSA) is 33.7 Å². The van der Waals surface area contributed by atoms with Gasteiger partial charge in [-0.05, 0) is 44.5 Å². The standard InChI is InChI=1S/C23H32N2O2/c1-4-25-14-6-8-21(25)16-24-15-20-7-5-9-22(26-3)23(20)27-17-19-12-10-18(2)11-13-19/h5,7,9-13,21,24H,4,6,8,14-17H2,1-3H3/t21-/m0/s1. The molecule has 1 N–H and O–H groups in total. The zero-order valence-electron chi connectivity index (χ0n) is 16.8. The SMILES string of the molecule is CCN1CCC[C@H]1CNCc1cccc(OC)c1OCc1ccc(C)cc1. The molecule has 0 radical (unpaired) electrons. The predicted octanol–water partition coefficient (Wildman–Crippen LogP) is 4.16. The third-order valence-corrected chi connectivity index (χ3v) is 5.38. The molecule has 1 aliphatic heterocycles. The molecule has 4 nitrogen and oxygen atoms in total. The third-order valence-electron chi connectivity index (χ3n) is 5.38. The fraction of sp³-hybridized carbons (Fsp3) is 0.478. The van der Waals surface area contributed by atoms with Crippen molar-refractivity contribution in [1.82, 2.24) is 10.2 Å². The van der Waals surface area contributed by atoms with E-state index in [0.29, 0.717) is 12.6 Å². The molecule has 1 fully saturated rings. The highest BCUT2D eigenvalue weighted by atomic mass is 16.5. The van der Waals surface area contributed by atoms with Gasteiger partial charge in [0, 0.05) is 24.7 Å². The lowest BCUT2D eigenvalue weighted by molar-refractivity contribution is 0.258. The van der Waals surface area contributed by atoms with Crippen LogP contribution in [-0.4, -0.2) is 37.7 Å². The summed E-state index contributed by atoms with van der Waals surface area (Å²) in [6.07, 6.45) is 2.60. The first-order chi connectivity index (χ1) is 13.2. The minimum atomic E-state index is 0.542. The Kier molecular flexibility index (Phi) is 7.13. The van der Waals surface area contributed by atoms with Crippen molar-refractivity contribution < 1.29 is 9.47 Å². The maximum Gasteiger partial charge on any atom is 0.166 e. The van der Waals surface area contributed by atoms with Gasteiger partial charge in [-0.1, -0.05) is 48.9 Å². The molecule has 27 heavy (non-hydrogen) atoms. The number of likely N-dealkylation sites (N-methyl/N-ethyl adjacent to an activating group) is 1. The van der Waals surface area contributed by atoms with Crippen LogP contribution < -0.4 is 14.8 Å². The number of nitrogens with one attached hydrogen (secondary N) is 1. The van der Waals surface area contributed by atoms with Crippen LogP contribution in [0.15, 0.2) is 42.5 Å². The molecule has 0 aromatic heterocycles. The molecule has 0 amide bonds. The number of hydrogen-bond acceptors (Lipinski definition) is 4. The Balaban J connectivity index is 1.63. The first-order valence-electron chi connectivity index (χ1n) is 10.00. The normalized spacial score (nSPS) is 17.2. The smallest absolute Gasteiger partial charge is 0.166 e. The van der Waals surface area contributed by atoms with E-state index in [4.69, 9.17) is 9.47 Å². The Morgan fingerprint density at radius 3 is 2.70 bits per heavy atom. The van der Waals surface area contributed by atoms with Crippen LogP contribution in [-0.2, 0) is 13.2 Å². The summed E-state index contributed by atoms with van der Waals surface area (Å²) in [5, 5.41) is 3.63. The van der Waals surface area contributed by atoms with Crippen molar-refractivity contribution in [3.8, 4) is 11.5 Å². The molecule has 0 aliphatic carbocycles. The van der Waals surface area contributed by atoms with Gasteiger partial charge in [0.15, 0.2) is 11.5 Å². The molecule has 1 atom stereocenters. The number of rotatable bonds is 9. The van der Waals surface area contributed by atoms with E-state index in [-0.39, 0.29) is 0 Å². The summed E-state index contributed by atoms with van der Waals surface area (Å²) in [6, 6.07) is 15.2. The monoisotopic (exact) mass is 368 g/mol. The van der Waals surface area contributed by atoms with Crippen LogP contribution in [0.1, 0.15) is 36.5 Å². The van der Waals surface area contributed by atoms with Gasteiger partial charge in [0.1, 0.15) is 6.61 Å². The van der Waals surface area contributed by atoms with E-state index in [1.807, 2.05) is 12.1 Å². The van der Waals surface area contributed by atoms with Crippen molar-refractivity contribution >= 4 is 0 Å². The molecular formula is C23H32N2O2. The molecule has 4 heteroatoms. The fourth-order valence-corrected chi connectivity index (χ4v) is 3.78. The Bertz CT molecular complexity index is 715. The lowest BCUT2D eigenvalue weighted by Crippen LogP contribution is -2.37. The molecule has 0 saturated carbocycles. The second-order valence-corrected chi connectivity index (χ2v) is 7.28. The van der Waals surface area contributed by atoms with Gasteiger partial charge in [0.05, 0.1) is 7.11 Å². The van der Waals surface area contributed by atoms with Gasteiger partial charge in [-0.3, -0.25) is 4.90 Å². The number of ether oxygens (including phenoxy) is 2. The summed E-state index contributed by atoms with van der Waals surface area (Å²) in [5.74, 6) is 1.63. The first kappa shape index (κ1) is 19.7. The maximum absolute atomic E-state index is 6.17. The molecular weight excluding hydrogens is 336 g/mol. The van der Waals surface area contributed by atoms with Gasteiger partial charge in [0.2, 0.25) is 0 Å². The van der Waals surface area contributed by atoms with Crippen LogP contribution in [0.3, 0.4) is 0 Å². The van der Waals surface area contributed by atoms with Crippen molar-refractivity contribution in [2.24, 2.45) is 0 Å². The number of methoxy groups -OCH3 is 1. The molecule has 2 aromatic carbocycles. The average molecular weight is 369 g/mol. The van der Waals surface area contributed by atoms with Gasteiger partial charge in [-0.15, -0.1) is 0 Å². The van der Waals surface area contributed by atoms with Crippen molar-refractivity contribution in [2.75, 3.05) is 26.7 Å². The van der Waals surface area contributed by atoms with E-state index >= 15 is 0 Å². The molecule has 146 valence electrons. The summed E-state index contributed by atoms with van der Waals surface area (Å²) in [6.45, 7) is 9.05. The predicted molar refractivity (Wildman–Crippen MR) is 110 cm³/mol. The van der Waals surface area contributed by atoms with Gasteiger partial charge in [0.25, 0.3) is 0 Å². The van der Waals surface area contributed by atoms with Crippen molar-refractivity contribution in [3.63, 3.8) is 0 Å². The average Bonchev–Trinajstić information content (AvgIpc) is 3.15. The van der Waals surface area contributed by atoms with Crippen LogP contribution in [0.2, 0.25) is 0 Å². The number of likely N-dealkylation sites (tertiary alicyclic amines) is 1. The molecule has 1 heterocycles. The fourth-order valence-electron chi connectivity index (χ4n) is 3.78. The summed E-state index contributed by atoms with van der Waals surface area (Å²) in [5.41, 5.74) is 3.56. The summed E-state index contributed by atoms with van der Waals surface area (Å²) >= 11 is 0. The molecule has 2 aromatic rings. The number of benzene rings is 2. The molecule has 0 unspecified atom stereocenters. The van der Waals surface area contributed by atoms with Crippen LogP contribution in [0, 0.1) is 6.92 Å². The van der Waals surface area contributed by atoms with Gasteiger partial charge >= 0.3 is 0 Å². The van der Waals surface area contributed by atoms with E-state index in [2.05, 4.69) is 54.4 Å². The van der Waals surface area contributed by atoms with Crippen molar-refractivity contribution in [3.05, 3.63) is 59.2 Å². The zero-order chi connectivity index (χ0) is 19.1. The van der Waals surface area contributed by atoms with Crippen LogP contribution in [0.25, 0.3) is 0 Å². The van der Waals surface area contributed by atoms with E-state index in [1.165, 1.54) is 24.9 Å². The molecule has 1 saturated heterocycles. The van der Waals surface area contributed by atoms with Crippen molar-refractivity contribution in [1.29, 1.82) is 0 Å². The van der Waals surface area contributed by atoms with Gasteiger partial charge < -0.3 is 14.8 Å². The van der Waals surface area contributed by atoms with Crippen LogP contribution in [0.5, 0.6) is 11.5 Å². The Morgan fingerprint density at radius 2 is 1.96 bits per heavy atom. The summed E-state index contributed by atoms with van der Waals surface area (Å²) < 4.78 is 11.7. The van der Waals surface area contributed by atoms with Crippen LogP contribution in [0.4, 0.5) is 0 Å². The Morgan fingerprint density at radius 1 is 1.15 bits per heavy atom. The first-order valence-corrected chi connectivity index (χ1v) is 10.00. The minimum Gasteiger partial charge on any atom is -0.493 e. The third kappa shape index (κ3) is 5.24. The largest absolute Gasteiger partial charge is 0.493 e. The second kappa shape index (κ2) is 9.77. The minimum absolute atomic E-state index is 0.542. The summed E-state index contributed by atoms with van der Waals surface area (Å²) in [4.78, 5) is 2.56. The number of para-hydroxylation sites is 1. The Hall–Kier alpha value is -2.04. The van der Waals surface area contributed by atoms with Crippen molar-refractivity contribution in [2.45, 2.75) is 45.9 Å². The number of aryl methyl sites for hydroxylation is 1. The van der Waals surface area contributed by atoms with Gasteiger partial charge in [-0.2, -0.15) is 0 Å². The molecule has 1 aliphatic rings. The number of nitrogens with zero attached hydrogens (tertiary/aromatic N) is 1. The highest BCUT2D eigenvalue weighted by Crippen LogP contribution is 2.32. The van der Waals surface area contributed by atoms with E-state index < -0.39 is 0 Å². The van der Waals surface area contributed by atoms with E-state index in [1.54, 1.807) is 7.11 Å². The lowest BCUT2D eigenvalue weighted by atomic mass is 10.1. The highest BCUT2D eigenvalue weighted by Gasteiger charge is 2.22. The number of hydrogen-bond donors (Lipinski definition) is 1. The van der Waals surface area contributed by atoms with E-state index in [9.17, 15) is 0 Å². The molecule has 3 rings (SSSR count). The lowest BCUT2D eigenvalue weighted by Gasteiger charge is -2.23. The highest BCUT2D eigenvalue weighted by molar-refractivity contribution is 5.46. The van der Waals surface area contributed by atoms with Gasteiger partial charge in [-0.25, -0.2) is 0 Å². The Labute approximate surface area is 163 Å². The summed E-state index contributed by atoms with van der Waals surface area (Å²) in [7, 11) is 1.70. The second-order valence-electron chi connectivity index (χ2n) is 7.28. The quantitative estimate of drug-likeness (QED) is 0.721.